The van der Waals surface area contributed by atoms with E-state index in [1.165, 1.54) is 13.2 Å². The zero-order valence-electron chi connectivity index (χ0n) is 11.1. The molecule has 1 aromatic carbocycles. The van der Waals surface area contributed by atoms with Crippen LogP contribution >= 0.6 is 12.2 Å². The van der Waals surface area contributed by atoms with Crippen LogP contribution in [0.25, 0.3) is 11.0 Å². The number of imidazole rings is 1. The number of hydrogen-bond donors (Lipinski definition) is 1. The Morgan fingerprint density at radius 2 is 2.14 bits per heavy atom. The molecule has 3 rings (SSSR count). The van der Waals surface area contributed by atoms with Gasteiger partial charge in [-0.05, 0) is 23.8 Å². The second-order valence-electron chi connectivity index (χ2n) is 4.51. The predicted molar refractivity (Wildman–Crippen MR) is 76.9 cm³/mol. The van der Waals surface area contributed by atoms with Crippen LogP contribution in [0.3, 0.4) is 0 Å². The van der Waals surface area contributed by atoms with Crippen LogP contribution in [0.15, 0.2) is 30.5 Å². The number of nitrogens with one attached hydrogen (secondary N) is 1. The molecule has 4 nitrogen and oxygen atoms in total. The quantitative estimate of drug-likeness (QED) is 0.754. The fourth-order valence-electron chi connectivity index (χ4n) is 2.15. The molecule has 108 valence electrons. The molecule has 0 saturated carbocycles. The molecule has 0 bridgehead atoms. The SMILES string of the molecule is COc1ccc(Cn2c(=S)[nH]c3c(F)cc(F)cc32)cn1. The molecule has 0 aliphatic rings. The minimum atomic E-state index is -0.664. The van der Waals surface area contributed by atoms with Crippen LogP contribution in [-0.4, -0.2) is 21.6 Å². The van der Waals surface area contributed by atoms with Crippen LogP contribution in [0.1, 0.15) is 5.56 Å². The van der Waals surface area contributed by atoms with Gasteiger partial charge in [0.2, 0.25) is 5.88 Å². The number of nitrogens with zero attached hydrogens (tertiary/aromatic N) is 2. The lowest BCUT2D eigenvalue weighted by Crippen LogP contribution is -2.01. The van der Waals surface area contributed by atoms with Gasteiger partial charge in [-0.2, -0.15) is 0 Å². The minimum Gasteiger partial charge on any atom is -0.481 e. The lowest BCUT2D eigenvalue weighted by atomic mass is 10.2. The van der Waals surface area contributed by atoms with Gasteiger partial charge in [-0.3, -0.25) is 0 Å². The standard InChI is InChI=1S/C14H11F2N3OS/c1-20-12-3-2-8(6-17-12)7-19-11-5-9(15)4-10(16)13(11)18-14(19)21/h2-6H,7H2,1H3,(H,18,21). The van der Waals surface area contributed by atoms with Crippen LogP contribution in [0, 0.1) is 16.4 Å². The highest BCUT2D eigenvalue weighted by Crippen LogP contribution is 2.20. The number of ether oxygens (including phenoxy) is 1. The van der Waals surface area contributed by atoms with E-state index in [-0.39, 0.29) is 5.52 Å². The number of hydrogen-bond acceptors (Lipinski definition) is 3. The predicted octanol–water partition coefficient (Wildman–Crippen LogP) is 3.43. The Kier molecular flexibility index (Phi) is 3.42. The van der Waals surface area contributed by atoms with Crippen molar-refractivity contribution < 1.29 is 13.5 Å². The van der Waals surface area contributed by atoms with E-state index in [2.05, 4.69) is 9.97 Å². The fourth-order valence-corrected chi connectivity index (χ4v) is 2.41. The molecule has 21 heavy (non-hydrogen) atoms. The van der Waals surface area contributed by atoms with Gasteiger partial charge in [-0.15, -0.1) is 0 Å². The fraction of sp³-hybridized carbons (Fsp3) is 0.143. The third kappa shape index (κ3) is 2.52. The lowest BCUT2D eigenvalue weighted by Gasteiger charge is -2.06. The second-order valence-corrected chi connectivity index (χ2v) is 4.89. The molecule has 2 aromatic heterocycles. The highest BCUT2D eigenvalue weighted by Gasteiger charge is 2.11. The van der Waals surface area contributed by atoms with Crippen LogP contribution in [-0.2, 0) is 6.54 Å². The average Bonchev–Trinajstić information content (AvgIpc) is 2.77. The van der Waals surface area contributed by atoms with Gasteiger partial charge in [0.1, 0.15) is 11.3 Å². The smallest absolute Gasteiger partial charge is 0.212 e. The summed E-state index contributed by atoms with van der Waals surface area (Å²) in [4.78, 5) is 6.85. The Hall–Kier alpha value is -2.28. The number of rotatable bonds is 3. The van der Waals surface area contributed by atoms with Crippen molar-refractivity contribution in [1.82, 2.24) is 14.5 Å². The molecule has 0 radical (unpaired) electrons. The molecule has 0 unspecified atom stereocenters. The third-order valence-electron chi connectivity index (χ3n) is 3.15. The summed E-state index contributed by atoms with van der Waals surface area (Å²) in [6.07, 6.45) is 1.63. The number of benzene rings is 1. The van der Waals surface area contributed by atoms with E-state index in [1.807, 2.05) is 6.07 Å². The van der Waals surface area contributed by atoms with Crippen LogP contribution < -0.4 is 4.74 Å². The van der Waals surface area contributed by atoms with Gasteiger partial charge < -0.3 is 14.3 Å². The summed E-state index contributed by atoms with van der Waals surface area (Å²) < 4.78 is 34.0. The van der Waals surface area contributed by atoms with Crippen molar-refractivity contribution in [1.29, 1.82) is 0 Å². The summed E-state index contributed by atoms with van der Waals surface area (Å²) in [7, 11) is 1.53. The van der Waals surface area contributed by atoms with Crippen molar-refractivity contribution in [2.75, 3.05) is 7.11 Å². The molecule has 0 aliphatic heterocycles. The molecule has 3 aromatic rings. The first kappa shape index (κ1) is 13.7. The number of H-pyrrole nitrogens is 1. The first-order chi connectivity index (χ1) is 10.1. The molecule has 7 heteroatoms. The number of methoxy groups -OCH3 is 1. The van der Waals surface area contributed by atoms with Gasteiger partial charge in [0.15, 0.2) is 10.6 Å². The van der Waals surface area contributed by atoms with Gasteiger partial charge in [-0.1, -0.05) is 6.07 Å². The highest BCUT2D eigenvalue weighted by molar-refractivity contribution is 7.71. The molecule has 1 N–H and O–H groups in total. The first-order valence-electron chi connectivity index (χ1n) is 6.15. The van der Waals surface area contributed by atoms with Crippen molar-refractivity contribution >= 4 is 23.3 Å². The zero-order chi connectivity index (χ0) is 15.0. The summed E-state index contributed by atoms with van der Waals surface area (Å²) in [6.45, 7) is 0.360. The monoisotopic (exact) mass is 307 g/mol. The second kappa shape index (κ2) is 5.25. The number of halogens is 2. The lowest BCUT2D eigenvalue weighted by molar-refractivity contribution is 0.397. The normalized spacial score (nSPS) is 11.0. The van der Waals surface area contributed by atoms with Gasteiger partial charge in [0, 0.05) is 18.3 Å². The summed E-state index contributed by atoms with van der Waals surface area (Å²) in [5.74, 6) is -0.809. The molecular formula is C14H11F2N3OS. The molecule has 0 atom stereocenters. The van der Waals surface area contributed by atoms with Crippen molar-refractivity contribution in [3.63, 3.8) is 0 Å². The number of aromatic amines is 1. The maximum absolute atomic E-state index is 13.7. The average molecular weight is 307 g/mol. The molecular weight excluding hydrogens is 296 g/mol. The summed E-state index contributed by atoms with van der Waals surface area (Å²) in [5.41, 5.74) is 1.42. The van der Waals surface area contributed by atoms with Crippen LogP contribution in [0.5, 0.6) is 5.88 Å². The summed E-state index contributed by atoms with van der Waals surface area (Å²) in [6, 6.07) is 5.62. The van der Waals surface area contributed by atoms with E-state index >= 15 is 0 Å². The van der Waals surface area contributed by atoms with Crippen molar-refractivity contribution in [3.05, 3.63) is 52.4 Å². The maximum Gasteiger partial charge on any atom is 0.212 e. The van der Waals surface area contributed by atoms with Gasteiger partial charge >= 0.3 is 0 Å². The number of fused-ring (bicyclic) bond motifs is 1. The molecule has 0 fully saturated rings. The molecule has 2 heterocycles. The molecule has 0 amide bonds. The largest absolute Gasteiger partial charge is 0.481 e. The van der Waals surface area contributed by atoms with Gasteiger partial charge in [0.25, 0.3) is 0 Å². The third-order valence-corrected chi connectivity index (χ3v) is 3.47. The Bertz CT molecular complexity index is 855. The first-order valence-corrected chi connectivity index (χ1v) is 6.56. The number of pyridine rings is 1. The van der Waals surface area contributed by atoms with E-state index < -0.39 is 11.6 Å². The van der Waals surface area contributed by atoms with Crippen LogP contribution in [0.4, 0.5) is 8.78 Å². The topological polar surface area (TPSA) is 42.8 Å². The highest BCUT2D eigenvalue weighted by atomic mass is 32.1. The molecule has 0 aliphatic carbocycles. The Labute approximate surface area is 124 Å². The van der Waals surface area contributed by atoms with Gasteiger partial charge in [0.05, 0.1) is 19.2 Å². The van der Waals surface area contributed by atoms with E-state index in [0.29, 0.717) is 22.7 Å². The van der Waals surface area contributed by atoms with Gasteiger partial charge in [-0.25, -0.2) is 13.8 Å². The minimum absolute atomic E-state index is 0.197. The summed E-state index contributed by atoms with van der Waals surface area (Å²) in [5, 5.41) is 0. The van der Waals surface area contributed by atoms with Crippen molar-refractivity contribution in [3.8, 4) is 5.88 Å². The maximum atomic E-state index is 13.7. The van der Waals surface area contributed by atoms with Crippen LogP contribution in [0.2, 0.25) is 0 Å². The Morgan fingerprint density at radius 1 is 1.33 bits per heavy atom. The molecule has 0 spiro atoms. The van der Waals surface area contributed by atoms with E-state index in [1.54, 1.807) is 16.8 Å². The van der Waals surface area contributed by atoms with E-state index in [9.17, 15) is 8.78 Å². The summed E-state index contributed by atoms with van der Waals surface area (Å²) >= 11 is 5.18. The molecule has 0 saturated heterocycles. The van der Waals surface area contributed by atoms with Crippen molar-refractivity contribution in [2.45, 2.75) is 6.54 Å². The Morgan fingerprint density at radius 3 is 2.81 bits per heavy atom. The van der Waals surface area contributed by atoms with E-state index in [4.69, 9.17) is 17.0 Å². The Balaban J connectivity index is 2.07. The van der Waals surface area contributed by atoms with E-state index in [0.717, 1.165) is 11.6 Å². The number of aromatic nitrogens is 3. The van der Waals surface area contributed by atoms with Crippen molar-refractivity contribution in [2.24, 2.45) is 0 Å². The zero-order valence-corrected chi connectivity index (χ0v) is 11.9.